The monoisotopic (exact) mass is 745 g/mol. The first kappa shape index (κ1) is 32.4. The molecule has 252 valence electrons. The molecule has 3 fully saturated rings. The Labute approximate surface area is 294 Å². The standard InChI is InChI=1S/C34H24Cl2F3N3O5S2/c35-19-10-9-14(11-20(19)36)40-23(43)13-47-22-8-4-1-5-15(22)24-25-16-12-17(28(25)48-30-29(24)49-33(46)41-30)27-26(16)31(44)42(32(27)45)21-7-3-2-6-18(21)34(37,38)39/h1-11,16-17,24-28H,12-13H2,(H,40,43)(H,41,46)/t16-,17-,24+,25-,26+,27+,28-/m1/s1. The molecule has 3 heterocycles. The molecule has 0 spiro atoms. The van der Waals surface area contributed by atoms with Gasteiger partial charge in [0.2, 0.25) is 11.8 Å². The number of hydrogen-bond donors (Lipinski definition) is 2. The van der Waals surface area contributed by atoms with E-state index in [4.69, 9.17) is 27.9 Å². The summed E-state index contributed by atoms with van der Waals surface area (Å²) in [6.07, 6.45) is -4.21. The van der Waals surface area contributed by atoms with Crippen LogP contribution in [0, 0.1) is 29.6 Å². The number of amides is 3. The molecule has 2 aliphatic heterocycles. The zero-order valence-corrected chi connectivity index (χ0v) is 28.1. The third-order valence-corrected chi connectivity index (χ3v) is 13.3. The molecule has 8 nitrogen and oxygen atoms in total. The number of alkyl halides is 3. The summed E-state index contributed by atoms with van der Waals surface area (Å²) in [4.78, 5) is 57.7. The molecule has 0 unspecified atom stereocenters. The van der Waals surface area contributed by atoms with Crippen LogP contribution in [-0.4, -0.2) is 34.6 Å². The summed E-state index contributed by atoms with van der Waals surface area (Å²) in [7, 11) is 0. The number of nitrogens with one attached hydrogen (secondary N) is 2. The molecule has 4 aromatic rings. The van der Waals surface area contributed by atoms with E-state index in [-0.39, 0.29) is 39.5 Å². The number of fused-ring (bicyclic) bond motifs is 9. The van der Waals surface area contributed by atoms with E-state index in [0.29, 0.717) is 33.5 Å². The summed E-state index contributed by atoms with van der Waals surface area (Å²) < 4.78 is 48.1. The topological polar surface area (TPSA) is 109 Å². The zero-order chi connectivity index (χ0) is 34.4. The Morgan fingerprint density at radius 3 is 2.43 bits per heavy atom. The van der Waals surface area contributed by atoms with Crippen LogP contribution in [0.25, 0.3) is 0 Å². The number of carbonyl (C=O) groups is 3. The minimum atomic E-state index is -4.76. The van der Waals surface area contributed by atoms with E-state index in [1.165, 1.54) is 36.0 Å². The minimum Gasteiger partial charge on any atom is -0.483 e. The van der Waals surface area contributed by atoms with Crippen molar-refractivity contribution in [1.82, 2.24) is 4.98 Å². The summed E-state index contributed by atoms with van der Waals surface area (Å²) in [5, 5.41) is 3.80. The van der Waals surface area contributed by atoms with Crippen molar-refractivity contribution < 1.29 is 32.3 Å². The zero-order valence-electron chi connectivity index (χ0n) is 25.0. The molecule has 2 N–H and O–H groups in total. The fraction of sp³-hybridized carbons (Fsp3) is 0.294. The number of imide groups is 1. The molecule has 4 aliphatic rings. The molecule has 3 amide bonds. The van der Waals surface area contributed by atoms with Gasteiger partial charge >= 0.3 is 11.0 Å². The van der Waals surface area contributed by atoms with Gasteiger partial charge in [-0.25, -0.2) is 4.90 Å². The van der Waals surface area contributed by atoms with Gasteiger partial charge in [-0.1, -0.05) is 64.9 Å². The van der Waals surface area contributed by atoms with Gasteiger partial charge in [0, 0.05) is 27.3 Å². The van der Waals surface area contributed by atoms with Crippen LogP contribution in [0.4, 0.5) is 24.5 Å². The second-order valence-electron chi connectivity index (χ2n) is 12.5. The van der Waals surface area contributed by atoms with E-state index < -0.39 is 52.9 Å². The van der Waals surface area contributed by atoms with Crippen LogP contribution in [0.3, 0.4) is 0 Å². The second-order valence-corrected chi connectivity index (χ2v) is 15.5. The molecule has 1 aromatic heterocycles. The van der Waals surface area contributed by atoms with Gasteiger partial charge in [0.1, 0.15) is 5.75 Å². The predicted molar refractivity (Wildman–Crippen MR) is 179 cm³/mol. The number of nitrogens with zero attached hydrogens (tertiary/aromatic N) is 1. The van der Waals surface area contributed by atoms with Gasteiger partial charge in [-0.2, -0.15) is 13.2 Å². The fourth-order valence-corrected chi connectivity index (χ4v) is 11.5. The maximum atomic E-state index is 14.1. The molecule has 3 aromatic carbocycles. The molecule has 8 rings (SSSR count). The Morgan fingerprint density at radius 1 is 0.959 bits per heavy atom. The van der Waals surface area contributed by atoms with Crippen LogP contribution >= 0.6 is 46.3 Å². The van der Waals surface area contributed by atoms with Crippen LogP contribution in [0.2, 0.25) is 10.0 Å². The summed E-state index contributed by atoms with van der Waals surface area (Å²) in [5.41, 5.74) is -0.351. The van der Waals surface area contributed by atoms with Gasteiger partial charge in [-0.05, 0) is 60.6 Å². The summed E-state index contributed by atoms with van der Waals surface area (Å²) in [6, 6.07) is 16.5. The predicted octanol–water partition coefficient (Wildman–Crippen LogP) is 7.46. The lowest BCUT2D eigenvalue weighted by molar-refractivity contribution is -0.137. The quantitative estimate of drug-likeness (QED) is 0.199. The van der Waals surface area contributed by atoms with E-state index in [2.05, 4.69) is 10.3 Å². The lowest BCUT2D eigenvalue weighted by atomic mass is 9.68. The number of H-pyrrole nitrogens is 1. The van der Waals surface area contributed by atoms with Crippen molar-refractivity contribution in [2.75, 3.05) is 16.8 Å². The van der Waals surface area contributed by atoms with Crippen molar-refractivity contribution in [1.29, 1.82) is 0 Å². The van der Waals surface area contributed by atoms with E-state index in [9.17, 15) is 32.3 Å². The number of rotatable bonds is 6. The SMILES string of the molecule is O=C(COc1ccccc1[C@@H]1c2sc(=O)[nH]c2S[C@@H]2[C@@H]3C[C@@H]([C@@H]4C(=O)N(c5ccccc5C(F)(F)F)C(=O)[C@@H]34)[C@H]12)Nc1ccc(Cl)c(Cl)c1. The number of thioether (sulfide) groups is 1. The number of thiazole rings is 1. The Balaban J connectivity index is 1.12. The van der Waals surface area contributed by atoms with E-state index in [0.717, 1.165) is 27.2 Å². The smallest absolute Gasteiger partial charge is 0.418 e. The molecular formula is C34H24Cl2F3N3O5S2. The lowest BCUT2D eigenvalue weighted by Gasteiger charge is -2.43. The molecule has 2 saturated carbocycles. The largest absolute Gasteiger partial charge is 0.483 e. The van der Waals surface area contributed by atoms with Gasteiger partial charge in [0.15, 0.2) is 6.61 Å². The van der Waals surface area contributed by atoms with Gasteiger partial charge in [-0.3, -0.25) is 19.2 Å². The van der Waals surface area contributed by atoms with Crippen molar-refractivity contribution in [2.24, 2.45) is 29.6 Å². The van der Waals surface area contributed by atoms with Gasteiger partial charge < -0.3 is 15.0 Å². The Morgan fingerprint density at radius 2 is 1.67 bits per heavy atom. The number of para-hydroxylation sites is 2. The number of benzene rings is 3. The van der Waals surface area contributed by atoms with Gasteiger partial charge in [-0.15, -0.1) is 11.8 Å². The first-order chi connectivity index (χ1) is 23.4. The highest BCUT2D eigenvalue weighted by atomic mass is 35.5. The maximum Gasteiger partial charge on any atom is 0.418 e. The van der Waals surface area contributed by atoms with Crippen molar-refractivity contribution in [2.45, 2.75) is 28.8 Å². The lowest BCUT2D eigenvalue weighted by Crippen LogP contribution is -2.42. The molecule has 49 heavy (non-hydrogen) atoms. The van der Waals surface area contributed by atoms with E-state index in [1.807, 2.05) is 12.1 Å². The Hall–Kier alpha value is -3.78. The van der Waals surface area contributed by atoms with Crippen molar-refractivity contribution in [3.05, 3.63) is 102 Å². The van der Waals surface area contributed by atoms with Crippen LogP contribution in [-0.2, 0) is 20.6 Å². The average molecular weight is 747 g/mol. The summed E-state index contributed by atoms with van der Waals surface area (Å²) >= 11 is 14.6. The molecule has 1 saturated heterocycles. The molecule has 15 heteroatoms. The number of carbonyl (C=O) groups excluding carboxylic acids is 3. The normalized spacial score (nSPS) is 26.8. The number of ether oxygens (including phenoxy) is 1. The average Bonchev–Trinajstić information content (AvgIpc) is 3.80. The number of aromatic nitrogens is 1. The highest BCUT2D eigenvalue weighted by Crippen LogP contribution is 2.69. The molecular weight excluding hydrogens is 722 g/mol. The highest BCUT2D eigenvalue weighted by molar-refractivity contribution is 8.00. The van der Waals surface area contributed by atoms with Crippen LogP contribution in [0.5, 0.6) is 5.75 Å². The summed E-state index contributed by atoms with van der Waals surface area (Å²) in [6.45, 7) is -0.347. The fourth-order valence-electron chi connectivity index (χ4n) is 8.29. The van der Waals surface area contributed by atoms with Crippen molar-refractivity contribution in [3.63, 3.8) is 0 Å². The number of anilines is 2. The van der Waals surface area contributed by atoms with Gasteiger partial charge in [0.05, 0.1) is 38.2 Å². The second kappa shape index (κ2) is 11.9. The Bertz CT molecular complexity index is 2110. The first-order valence-corrected chi connectivity index (χ1v) is 17.8. The van der Waals surface area contributed by atoms with Crippen LogP contribution in [0.1, 0.15) is 28.3 Å². The molecule has 0 radical (unpaired) electrons. The third kappa shape index (κ3) is 5.28. The maximum absolute atomic E-state index is 14.1. The highest BCUT2D eigenvalue weighted by Gasteiger charge is 2.70. The molecule has 7 atom stereocenters. The third-order valence-electron chi connectivity index (χ3n) is 9.99. The van der Waals surface area contributed by atoms with E-state index >= 15 is 0 Å². The molecule has 2 aliphatic carbocycles. The van der Waals surface area contributed by atoms with Gasteiger partial charge in [0.25, 0.3) is 5.91 Å². The minimum absolute atomic E-state index is 0.199. The van der Waals surface area contributed by atoms with Crippen molar-refractivity contribution in [3.8, 4) is 5.75 Å². The van der Waals surface area contributed by atoms with Crippen molar-refractivity contribution >= 4 is 75.4 Å². The van der Waals surface area contributed by atoms with Crippen LogP contribution < -0.4 is 19.8 Å². The van der Waals surface area contributed by atoms with Crippen LogP contribution in [0.15, 0.2) is 76.6 Å². The number of halogens is 5. The molecule has 2 bridgehead atoms. The van der Waals surface area contributed by atoms with E-state index in [1.54, 1.807) is 24.3 Å². The number of aromatic amines is 1. The Kier molecular flexibility index (Phi) is 7.89. The number of hydrogen-bond acceptors (Lipinski definition) is 7. The summed E-state index contributed by atoms with van der Waals surface area (Å²) in [5.74, 6) is -4.16. The first-order valence-electron chi connectivity index (χ1n) is 15.3.